The molecular formula is C16H25FN2O3. The highest BCUT2D eigenvalue weighted by atomic mass is 19.1. The molecule has 0 aliphatic carbocycles. The molecule has 1 rings (SSSR count). The smallest absolute Gasteiger partial charge is 0.321 e. The van der Waals surface area contributed by atoms with Gasteiger partial charge in [0.15, 0.2) is 11.6 Å². The summed E-state index contributed by atoms with van der Waals surface area (Å²) in [6, 6.07) is 3.96. The Morgan fingerprint density at radius 1 is 1.41 bits per heavy atom. The lowest BCUT2D eigenvalue weighted by atomic mass is 9.96. The summed E-state index contributed by atoms with van der Waals surface area (Å²) >= 11 is 0. The summed E-state index contributed by atoms with van der Waals surface area (Å²) < 4.78 is 18.5. The third kappa shape index (κ3) is 5.89. The average molecular weight is 312 g/mol. The van der Waals surface area contributed by atoms with Crippen LogP contribution in [0.4, 0.5) is 14.9 Å². The molecule has 0 radical (unpaired) electrons. The number of aliphatic hydroxyl groups excluding tert-OH is 1. The Kier molecular flexibility index (Phi) is 6.61. The van der Waals surface area contributed by atoms with Crippen molar-refractivity contribution >= 4 is 11.7 Å². The molecule has 0 aliphatic rings. The number of hydrogen-bond acceptors (Lipinski definition) is 3. The van der Waals surface area contributed by atoms with Gasteiger partial charge in [-0.2, -0.15) is 0 Å². The number of carbonyl (C=O) groups excluding carboxylic acids is 1. The summed E-state index contributed by atoms with van der Waals surface area (Å²) in [6.07, 6.45) is 0.500. The van der Waals surface area contributed by atoms with Crippen LogP contribution in [0.5, 0.6) is 5.75 Å². The lowest BCUT2D eigenvalue weighted by Gasteiger charge is -2.30. The Balaban J connectivity index is 2.79. The summed E-state index contributed by atoms with van der Waals surface area (Å²) in [6.45, 7) is 7.08. The fourth-order valence-electron chi connectivity index (χ4n) is 2.03. The van der Waals surface area contributed by atoms with Crippen molar-refractivity contribution in [3.05, 3.63) is 24.0 Å². The van der Waals surface area contributed by atoms with Gasteiger partial charge in [0.05, 0.1) is 7.11 Å². The number of halogens is 1. The number of nitrogens with one attached hydrogen (secondary N) is 1. The monoisotopic (exact) mass is 312 g/mol. The first kappa shape index (κ1) is 18.2. The Morgan fingerprint density at radius 2 is 2.09 bits per heavy atom. The maximum Gasteiger partial charge on any atom is 0.321 e. The van der Waals surface area contributed by atoms with Gasteiger partial charge in [-0.25, -0.2) is 9.18 Å². The van der Waals surface area contributed by atoms with Crippen LogP contribution in [0.2, 0.25) is 0 Å². The number of benzene rings is 1. The van der Waals surface area contributed by atoms with Crippen LogP contribution in [0.15, 0.2) is 18.2 Å². The quantitative estimate of drug-likeness (QED) is 0.848. The molecule has 0 saturated carbocycles. The molecule has 1 aromatic carbocycles. The molecule has 1 aromatic rings. The molecule has 0 aliphatic heterocycles. The number of rotatable bonds is 6. The minimum Gasteiger partial charge on any atom is -0.494 e. The lowest BCUT2D eigenvalue weighted by Crippen LogP contribution is -2.41. The molecule has 0 heterocycles. The fourth-order valence-corrected chi connectivity index (χ4v) is 2.03. The van der Waals surface area contributed by atoms with E-state index in [9.17, 15) is 9.18 Å². The van der Waals surface area contributed by atoms with Crippen molar-refractivity contribution < 1.29 is 19.0 Å². The van der Waals surface area contributed by atoms with E-state index in [1.165, 1.54) is 19.2 Å². The highest BCUT2D eigenvalue weighted by molar-refractivity contribution is 5.89. The number of carbonyl (C=O) groups is 1. The number of ether oxygens (including phenoxy) is 1. The molecular weight excluding hydrogens is 287 g/mol. The Hall–Kier alpha value is -1.82. The molecule has 2 N–H and O–H groups in total. The second-order valence-corrected chi connectivity index (χ2v) is 6.34. The average Bonchev–Trinajstić information content (AvgIpc) is 2.42. The summed E-state index contributed by atoms with van der Waals surface area (Å²) in [5, 5.41) is 11.6. The van der Waals surface area contributed by atoms with Gasteiger partial charge in [0, 0.05) is 31.5 Å². The summed E-state index contributed by atoms with van der Waals surface area (Å²) in [7, 11) is 1.39. The standard InChI is InChI=1S/C16H25FN2O3/c1-16(2,3)11-19(8-5-9-20)15(21)18-12-6-7-14(22-4)13(17)10-12/h6-7,10,20H,5,8-9,11H2,1-4H3,(H,18,21). The first-order valence-corrected chi connectivity index (χ1v) is 7.27. The predicted octanol–water partition coefficient (Wildman–Crippen LogP) is 3.10. The van der Waals surface area contributed by atoms with Crippen LogP contribution >= 0.6 is 0 Å². The predicted molar refractivity (Wildman–Crippen MR) is 84.7 cm³/mol. The van der Waals surface area contributed by atoms with E-state index >= 15 is 0 Å². The van der Waals surface area contributed by atoms with Gasteiger partial charge in [0.25, 0.3) is 0 Å². The summed E-state index contributed by atoms with van der Waals surface area (Å²) in [5.74, 6) is -0.400. The summed E-state index contributed by atoms with van der Waals surface area (Å²) in [4.78, 5) is 14.0. The van der Waals surface area contributed by atoms with Gasteiger partial charge in [-0.05, 0) is 24.0 Å². The lowest BCUT2D eigenvalue weighted by molar-refractivity contribution is 0.176. The zero-order valence-electron chi connectivity index (χ0n) is 13.6. The van der Waals surface area contributed by atoms with Gasteiger partial charge in [0.1, 0.15) is 0 Å². The molecule has 0 unspecified atom stereocenters. The zero-order chi connectivity index (χ0) is 16.8. The van der Waals surface area contributed by atoms with Crippen molar-refractivity contribution in [1.82, 2.24) is 4.90 Å². The van der Waals surface area contributed by atoms with E-state index in [-0.39, 0.29) is 23.8 Å². The van der Waals surface area contributed by atoms with Crippen LogP contribution < -0.4 is 10.1 Å². The van der Waals surface area contributed by atoms with Gasteiger partial charge in [-0.3, -0.25) is 0 Å². The van der Waals surface area contributed by atoms with E-state index in [1.54, 1.807) is 11.0 Å². The second kappa shape index (κ2) is 7.98. The first-order valence-electron chi connectivity index (χ1n) is 7.27. The van der Waals surface area contributed by atoms with E-state index in [2.05, 4.69) is 5.32 Å². The maximum absolute atomic E-state index is 13.7. The van der Waals surface area contributed by atoms with Gasteiger partial charge < -0.3 is 20.1 Å². The van der Waals surface area contributed by atoms with E-state index in [1.807, 2.05) is 20.8 Å². The molecule has 0 fully saturated rings. The Labute approximate surface area is 131 Å². The Morgan fingerprint density at radius 3 is 2.59 bits per heavy atom. The van der Waals surface area contributed by atoms with E-state index < -0.39 is 5.82 Å². The third-order valence-corrected chi connectivity index (χ3v) is 2.94. The topological polar surface area (TPSA) is 61.8 Å². The first-order chi connectivity index (χ1) is 10.3. The minimum absolute atomic E-state index is 0.0189. The molecule has 124 valence electrons. The van der Waals surface area contributed by atoms with Crippen molar-refractivity contribution in [2.24, 2.45) is 5.41 Å². The van der Waals surface area contributed by atoms with E-state index in [4.69, 9.17) is 9.84 Å². The van der Waals surface area contributed by atoms with Gasteiger partial charge >= 0.3 is 6.03 Å². The van der Waals surface area contributed by atoms with Crippen molar-refractivity contribution in [2.75, 3.05) is 32.1 Å². The van der Waals surface area contributed by atoms with Crippen molar-refractivity contribution in [2.45, 2.75) is 27.2 Å². The number of anilines is 1. The second-order valence-electron chi connectivity index (χ2n) is 6.34. The number of urea groups is 1. The molecule has 0 atom stereocenters. The van der Waals surface area contributed by atoms with Crippen LogP contribution in [0.1, 0.15) is 27.2 Å². The Bertz CT molecular complexity index is 501. The van der Waals surface area contributed by atoms with Crippen LogP contribution in [0.3, 0.4) is 0 Å². The SMILES string of the molecule is COc1ccc(NC(=O)N(CCCO)CC(C)(C)C)cc1F. The van der Waals surface area contributed by atoms with Crippen LogP contribution in [-0.4, -0.2) is 42.8 Å². The van der Waals surface area contributed by atoms with Crippen molar-refractivity contribution in [3.8, 4) is 5.75 Å². The zero-order valence-corrected chi connectivity index (χ0v) is 13.6. The maximum atomic E-state index is 13.7. The van der Waals surface area contributed by atoms with Crippen molar-refractivity contribution in [1.29, 1.82) is 0 Å². The third-order valence-electron chi connectivity index (χ3n) is 2.94. The molecule has 0 bridgehead atoms. The van der Waals surface area contributed by atoms with E-state index in [0.717, 1.165) is 0 Å². The van der Waals surface area contributed by atoms with Crippen LogP contribution in [0, 0.1) is 11.2 Å². The molecule has 0 saturated heterocycles. The number of methoxy groups -OCH3 is 1. The molecule has 5 nitrogen and oxygen atoms in total. The molecule has 0 spiro atoms. The minimum atomic E-state index is -0.530. The summed E-state index contributed by atoms with van der Waals surface area (Å²) in [5.41, 5.74) is 0.295. The fraction of sp³-hybridized carbons (Fsp3) is 0.562. The number of nitrogens with zero attached hydrogens (tertiary/aromatic N) is 1. The number of aliphatic hydroxyl groups is 1. The largest absolute Gasteiger partial charge is 0.494 e. The highest BCUT2D eigenvalue weighted by Gasteiger charge is 2.21. The van der Waals surface area contributed by atoms with Gasteiger partial charge in [-0.1, -0.05) is 20.8 Å². The number of amides is 2. The normalized spacial score (nSPS) is 11.2. The van der Waals surface area contributed by atoms with Crippen LogP contribution in [0.25, 0.3) is 0 Å². The molecule has 2 amide bonds. The molecule has 6 heteroatoms. The molecule has 22 heavy (non-hydrogen) atoms. The van der Waals surface area contributed by atoms with Crippen LogP contribution in [-0.2, 0) is 0 Å². The van der Waals surface area contributed by atoms with E-state index in [0.29, 0.717) is 25.2 Å². The highest BCUT2D eigenvalue weighted by Crippen LogP contribution is 2.21. The molecule has 0 aromatic heterocycles. The van der Waals surface area contributed by atoms with Crippen molar-refractivity contribution in [3.63, 3.8) is 0 Å². The van der Waals surface area contributed by atoms with Gasteiger partial charge in [0.2, 0.25) is 0 Å². The number of hydrogen-bond donors (Lipinski definition) is 2. The van der Waals surface area contributed by atoms with Gasteiger partial charge in [-0.15, -0.1) is 0 Å².